The van der Waals surface area contributed by atoms with E-state index >= 15 is 0 Å². The standard InChI is InChI=1S/C11H16N6O3/c1-15(2)10(18)9-7-12-3-4-16(9)11-13-5-8(6-14-11)17(19)20/h5-6,9,12H,3-4,7H2,1-2H3. The third-order valence-electron chi connectivity index (χ3n) is 3.06. The Morgan fingerprint density at radius 3 is 2.70 bits per heavy atom. The van der Waals surface area contributed by atoms with Gasteiger partial charge in [-0.05, 0) is 0 Å². The van der Waals surface area contributed by atoms with Crippen LogP contribution >= 0.6 is 0 Å². The van der Waals surface area contributed by atoms with E-state index in [9.17, 15) is 14.9 Å². The lowest BCUT2D eigenvalue weighted by atomic mass is 10.2. The molecule has 0 bridgehead atoms. The van der Waals surface area contributed by atoms with E-state index in [4.69, 9.17) is 0 Å². The summed E-state index contributed by atoms with van der Waals surface area (Å²) in [5, 5.41) is 13.7. The maximum absolute atomic E-state index is 12.1. The van der Waals surface area contributed by atoms with Gasteiger partial charge in [-0.3, -0.25) is 14.9 Å². The third kappa shape index (κ3) is 2.82. The van der Waals surface area contributed by atoms with Crippen molar-refractivity contribution in [1.82, 2.24) is 20.2 Å². The second-order valence-corrected chi connectivity index (χ2v) is 4.64. The zero-order valence-corrected chi connectivity index (χ0v) is 11.3. The van der Waals surface area contributed by atoms with Gasteiger partial charge in [0.2, 0.25) is 11.9 Å². The molecule has 1 aliphatic rings. The number of nitrogens with zero attached hydrogens (tertiary/aromatic N) is 5. The Kier molecular flexibility index (Phi) is 4.08. The van der Waals surface area contributed by atoms with Crippen molar-refractivity contribution in [3.63, 3.8) is 0 Å². The Morgan fingerprint density at radius 1 is 1.50 bits per heavy atom. The molecular weight excluding hydrogens is 264 g/mol. The van der Waals surface area contributed by atoms with E-state index < -0.39 is 11.0 Å². The summed E-state index contributed by atoms with van der Waals surface area (Å²) in [4.78, 5) is 33.4. The maximum atomic E-state index is 12.1. The van der Waals surface area contributed by atoms with Gasteiger partial charge in [-0.1, -0.05) is 0 Å². The molecule has 1 atom stereocenters. The van der Waals surface area contributed by atoms with E-state index in [1.165, 1.54) is 4.90 Å². The van der Waals surface area contributed by atoms with E-state index in [1.54, 1.807) is 19.0 Å². The Bertz CT molecular complexity index is 503. The van der Waals surface area contributed by atoms with Crippen LogP contribution in [0.3, 0.4) is 0 Å². The van der Waals surface area contributed by atoms with Gasteiger partial charge in [-0.25, -0.2) is 9.97 Å². The predicted octanol–water partition coefficient (Wildman–Crippen LogP) is -0.749. The van der Waals surface area contributed by atoms with Crippen molar-refractivity contribution in [2.24, 2.45) is 0 Å². The van der Waals surface area contributed by atoms with Gasteiger partial charge in [-0.2, -0.15) is 0 Å². The maximum Gasteiger partial charge on any atom is 0.305 e. The first-order chi connectivity index (χ1) is 9.50. The zero-order valence-electron chi connectivity index (χ0n) is 11.3. The lowest BCUT2D eigenvalue weighted by Gasteiger charge is -2.36. The minimum Gasteiger partial charge on any atom is -0.347 e. The summed E-state index contributed by atoms with van der Waals surface area (Å²) < 4.78 is 0. The van der Waals surface area contributed by atoms with Gasteiger partial charge in [0.25, 0.3) is 0 Å². The molecule has 1 saturated heterocycles. The van der Waals surface area contributed by atoms with E-state index in [2.05, 4.69) is 15.3 Å². The van der Waals surface area contributed by atoms with Crippen LogP contribution in [0.4, 0.5) is 11.6 Å². The Morgan fingerprint density at radius 2 is 2.15 bits per heavy atom. The third-order valence-corrected chi connectivity index (χ3v) is 3.06. The van der Waals surface area contributed by atoms with E-state index in [0.717, 1.165) is 12.4 Å². The van der Waals surface area contributed by atoms with Crippen LogP contribution in [0.5, 0.6) is 0 Å². The number of carbonyl (C=O) groups is 1. The van der Waals surface area contributed by atoms with Gasteiger partial charge in [-0.15, -0.1) is 0 Å². The molecule has 1 aliphatic heterocycles. The van der Waals surface area contributed by atoms with Crippen molar-refractivity contribution >= 4 is 17.5 Å². The summed E-state index contributed by atoms with van der Waals surface area (Å²) in [7, 11) is 3.37. The van der Waals surface area contributed by atoms with Gasteiger partial charge >= 0.3 is 5.69 Å². The smallest absolute Gasteiger partial charge is 0.305 e. The van der Waals surface area contributed by atoms with E-state index in [1.807, 2.05) is 0 Å². The summed E-state index contributed by atoms with van der Waals surface area (Å²) in [6, 6.07) is -0.403. The number of rotatable bonds is 3. The van der Waals surface area contributed by atoms with Crippen LogP contribution in [-0.2, 0) is 4.79 Å². The summed E-state index contributed by atoms with van der Waals surface area (Å²) in [5.41, 5.74) is -0.167. The molecule has 1 N–H and O–H groups in total. The SMILES string of the molecule is CN(C)C(=O)C1CNCCN1c1ncc([N+](=O)[O-])cn1. The van der Waals surface area contributed by atoms with Crippen molar-refractivity contribution < 1.29 is 9.72 Å². The van der Waals surface area contributed by atoms with Crippen molar-refractivity contribution in [3.05, 3.63) is 22.5 Å². The molecule has 2 heterocycles. The van der Waals surface area contributed by atoms with E-state index in [0.29, 0.717) is 25.6 Å². The first-order valence-corrected chi connectivity index (χ1v) is 6.15. The normalized spacial score (nSPS) is 18.7. The zero-order chi connectivity index (χ0) is 14.7. The number of likely N-dealkylation sites (N-methyl/N-ethyl adjacent to an activating group) is 1. The highest BCUT2D eigenvalue weighted by atomic mass is 16.6. The summed E-state index contributed by atoms with van der Waals surface area (Å²) >= 11 is 0. The van der Waals surface area contributed by atoms with E-state index in [-0.39, 0.29) is 11.6 Å². The number of amides is 1. The molecule has 1 unspecified atom stereocenters. The molecule has 0 aliphatic carbocycles. The Balaban J connectivity index is 2.23. The average Bonchev–Trinajstić information content (AvgIpc) is 2.46. The van der Waals surface area contributed by atoms with Crippen LogP contribution in [0.2, 0.25) is 0 Å². The molecule has 9 heteroatoms. The van der Waals surface area contributed by atoms with Gasteiger partial charge in [0.15, 0.2) is 0 Å². The van der Waals surface area contributed by atoms with Gasteiger partial charge < -0.3 is 15.1 Å². The quantitative estimate of drug-likeness (QED) is 0.573. The van der Waals surface area contributed by atoms with Crippen LogP contribution in [-0.4, -0.2) is 65.5 Å². The monoisotopic (exact) mass is 280 g/mol. The van der Waals surface area contributed by atoms with Crippen molar-refractivity contribution in [1.29, 1.82) is 0 Å². The fourth-order valence-electron chi connectivity index (χ4n) is 2.02. The molecule has 1 aromatic rings. The Hall–Kier alpha value is -2.29. The molecule has 9 nitrogen and oxygen atoms in total. The summed E-state index contributed by atoms with van der Waals surface area (Å²) in [6.07, 6.45) is 2.31. The number of nitro groups is 1. The second kappa shape index (κ2) is 5.78. The first-order valence-electron chi connectivity index (χ1n) is 6.15. The highest BCUT2D eigenvalue weighted by Crippen LogP contribution is 2.16. The molecule has 0 radical (unpaired) electrons. The number of hydrogen-bond acceptors (Lipinski definition) is 7. The number of piperazine rings is 1. The van der Waals surface area contributed by atoms with Crippen LogP contribution in [0.25, 0.3) is 0 Å². The number of carbonyl (C=O) groups excluding carboxylic acids is 1. The average molecular weight is 280 g/mol. The highest BCUT2D eigenvalue weighted by molar-refractivity contribution is 5.85. The van der Waals surface area contributed by atoms with Crippen molar-refractivity contribution in [2.45, 2.75) is 6.04 Å². The lowest BCUT2D eigenvalue weighted by molar-refractivity contribution is -0.385. The molecule has 1 amide bonds. The number of hydrogen-bond donors (Lipinski definition) is 1. The van der Waals surface area contributed by atoms with Gasteiger partial charge in [0, 0.05) is 33.7 Å². The highest BCUT2D eigenvalue weighted by Gasteiger charge is 2.31. The number of nitrogens with one attached hydrogen (secondary N) is 1. The van der Waals surface area contributed by atoms with Gasteiger partial charge in [0.05, 0.1) is 4.92 Å². The molecule has 0 spiro atoms. The molecule has 108 valence electrons. The molecule has 1 aromatic heterocycles. The van der Waals surface area contributed by atoms with Crippen LogP contribution in [0.15, 0.2) is 12.4 Å². The number of aromatic nitrogens is 2. The summed E-state index contributed by atoms with van der Waals surface area (Å²) in [6.45, 7) is 1.77. The van der Waals surface area contributed by atoms with Crippen LogP contribution in [0, 0.1) is 10.1 Å². The molecule has 0 aromatic carbocycles. The topological polar surface area (TPSA) is 105 Å². The summed E-state index contributed by atoms with van der Waals surface area (Å²) in [5.74, 6) is 0.274. The van der Waals surface area contributed by atoms with Crippen LogP contribution in [0.1, 0.15) is 0 Å². The van der Waals surface area contributed by atoms with Crippen molar-refractivity contribution in [2.75, 3.05) is 38.6 Å². The van der Waals surface area contributed by atoms with Crippen LogP contribution < -0.4 is 10.2 Å². The lowest BCUT2D eigenvalue weighted by Crippen LogP contribution is -2.58. The molecule has 0 saturated carbocycles. The minimum absolute atomic E-state index is 0.0563. The molecule has 1 fully saturated rings. The molecule has 2 rings (SSSR count). The first kappa shape index (κ1) is 14.1. The second-order valence-electron chi connectivity index (χ2n) is 4.64. The minimum atomic E-state index is -0.552. The molecular formula is C11H16N6O3. The fraction of sp³-hybridized carbons (Fsp3) is 0.545. The van der Waals surface area contributed by atoms with Gasteiger partial charge in [0.1, 0.15) is 18.4 Å². The Labute approximate surface area is 115 Å². The number of anilines is 1. The largest absolute Gasteiger partial charge is 0.347 e. The fourth-order valence-corrected chi connectivity index (χ4v) is 2.02. The predicted molar refractivity (Wildman–Crippen MR) is 71.4 cm³/mol. The molecule has 20 heavy (non-hydrogen) atoms. The van der Waals surface area contributed by atoms with Crippen molar-refractivity contribution in [3.8, 4) is 0 Å².